The van der Waals surface area contributed by atoms with E-state index in [2.05, 4.69) is 87.6 Å². The number of para-hydroxylation sites is 1. The maximum Gasteiger partial charge on any atom is 0.115 e. The quantitative estimate of drug-likeness (QED) is 0.328. The van der Waals surface area contributed by atoms with Gasteiger partial charge in [0.15, 0.2) is 0 Å². The molecule has 164 valence electrons. The largest absolute Gasteiger partial charge is 0.508 e. The zero-order valence-corrected chi connectivity index (χ0v) is 23.4. The summed E-state index contributed by atoms with van der Waals surface area (Å²) >= 11 is -1.76. The number of phenolic OH excluding ortho intramolecular Hbond substituents is 1. The summed E-state index contributed by atoms with van der Waals surface area (Å²) in [6.45, 7) is 9.94. The van der Waals surface area contributed by atoms with E-state index in [4.69, 9.17) is 5.11 Å². The molecule has 0 heterocycles. The van der Waals surface area contributed by atoms with Crippen LogP contribution in [0, 0.1) is 0 Å². The molecule has 3 aromatic rings. The van der Waals surface area contributed by atoms with Gasteiger partial charge in [-0.15, -0.1) is 12.4 Å². The SMILES string of the molecule is CC1=Cc2ccccc2[CH]1[Zr]([CH]1C(C)=Cc2ccccc21)=[Si](C)C.Cl.Oc1ccccc1. The van der Waals surface area contributed by atoms with Crippen molar-refractivity contribution in [1.29, 1.82) is 0 Å². The Labute approximate surface area is 206 Å². The van der Waals surface area contributed by atoms with Crippen LogP contribution in [0.4, 0.5) is 0 Å². The van der Waals surface area contributed by atoms with Crippen LogP contribution in [0.2, 0.25) is 13.1 Å². The van der Waals surface area contributed by atoms with Crippen molar-refractivity contribution in [3.63, 3.8) is 0 Å². The summed E-state index contributed by atoms with van der Waals surface area (Å²) in [4.78, 5) is 0. The molecule has 0 bridgehead atoms. The van der Waals surface area contributed by atoms with Gasteiger partial charge in [0, 0.05) is 0 Å². The van der Waals surface area contributed by atoms with E-state index in [1.165, 1.54) is 11.1 Å². The zero-order chi connectivity index (χ0) is 22.0. The molecule has 0 amide bonds. The van der Waals surface area contributed by atoms with Gasteiger partial charge in [-0.05, 0) is 12.1 Å². The Balaban J connectivity index is 0.000000311. The minimum Gasteiger partial charge on any atom is -0.508 e. The van der Waals surface area contributed by atoms with Crippen LogP contribution in [-0.4, -0.2) is 10.5 Å². The van der Waals surface area contributed by atoms with E-state index in [1.807, 2.05) is 6.07 Å². The van der Waals surface area contributed by atoms with Gasteiger partial charge < -0.3 is 5.11 Å². The predicted octanol–water partition coefficient (Wildman–Crippen LogP) is 7.99. The first-order valence-electron chi connectivity index (χ1n) is 10.9. The van der Waals surface area contributed by atoms with E-state index in [9.17, 15) is 0 Å². The molecular weight excluding hydrogens is 507 g/mol. The van der Waals surface area contributed by atoms with Crippen LogP contribution in [0.1, 0.15) is 43.4 Å². The minimum absolute atomic E-state index is 0. The van der Waals surface area contributed by atoms with Gasteiger partial charge >= 0.3 is 154 Å². The number of halogens is 1. The van der Waals surface area contributed by atoms with Crippen molar-refractivity contribution in [3.8, 4) is 5.75 Å². The van der Waals surface area contributed by atoms with Crippen LogP contribution in [0.25, 0.3) is 12.2 Å². The number of benzene rings is 3. The molecule has 0 spiro atoms. The van der Waals surface area contributed by atoms with E-state index >= 15 is 0 Å². The van der Waals surface area contributed by atoms with Crippen molar-refractivity contribution < 1.29 is 25.5 Å². The summed E-state index contributed by atoms with van der Waals surface area (Å²) in [6.07, 6.45) is 4.93. The third-order valence-corrected chi connectivity index (χ3v) is 26.2. The maximum absolute atomic E-state index is 8.63. The standard InChI is InChI=1S/2C10H9.C6H6O.C2H6Si.ClH.Zr/c2*1-8-6-9-4-2-3-5-10(9)7-8;7-6-4-2-1-3-5-6;1-3-2;;/h2*2-7H,1H3;1-5,7H;1-2H3;1H;. The Kier molecular flexibility index (Phi) is 8.55. The van der Waals surface area contributed by atoms with Crippen LogP contribution in [0.3, 0.4) is 0 Å². The predicted molar refractivity (Wildman–Crippen MR) is 139 cm³/mol. The number of hydrogen-bond acceptors (Lipinski definition) is 1. The average molecular weight is 538 g/mol. The van der Waals surface area contributed by atoms with Crippen LogP contribution in [0.15, 0.2) is 90.0 Å². The molecular formula is C28H31ClOSiZr. The number of aromatic hydroxyl groups is 1. The molecule has 2 aliphatic carbocycles. The van der Waals surface area contributed by atoms with Gasteiger partial charge in [0.05, 0.1) is 0 Å². The molecule has 0 saturated heterocycles. The second-order valence-corrected chi connectivity index (χ2v) is 26.6. The van der Waals surface area contributed by atoms with Gasteiger partial charge in [-0.1, -0.05) is 18.2 Å². The fraction of sp³-hybridized carbons (Fsp3) is 0.214. The van der Waals surface area contributed by atoms with E-state index in [0.717, 1.165) is 7.25 Å². The molecule has 1 N–H and O–H groups in total. The van der Waals surface area contributed by atoms with Crippen molar-refractivity contribution in [3.05, 3.63) is 112 Å². The number of hydrogen-bond donors (Lipinski definition) is 1. The molecule has 2 unspecified atom stereocenters. The first kappa shape index (κ1) is 25.0. The molecule has 3 aromatic carbocycles. The molecule has 0 radical (unpaired) electrons. The summed E-state index contributed by atoms with van der Waals surface area (Å²) in [5, 5.41) is 8.63. The van der Waals surface area contributed by atoms with Crippen molar-refractivity contribution >= 4 is 30.0 Å². The third kappa shape index (κ3) is 5.11. The Morgan fingerprint density at radius 1 is 0.656 bits per heavy atom. The van der Waals surface area contributed by atoms with Crippen molar-refractivity contribution in [2.75, 3.05) is 0 Å². The number of allylic oxidation sites excluding steroid dienone is 2. The molecule has 4 heteroatoms. The van der Waals surface area contributed by atoms with E-state index in [0.29, 0.717) is 5.75 Å². The van der Waals surface area contributed by atoms with Gasteiger partial charge in [-0.2, -0.15) is 0 Å². The second-order valence-electron chi connectivity index (χ2n) is 8.69. The Hall–Kier alpha value is -1.67. The van der Waals surface area contributed by atoms with Gasteiger partial charge in [0.25, 0.3) is 0 Å². The average Bonchev–Trinajstić information content (AvgIpc) is 3.26. The molecule has 5 rings (SSSR count). The van der Waals surface area contributed by atoms with E-state index in [-0.39, 0.29) is 17.8 Å². The first-order chi connectivity index (χ1) is 15.0. The topological polar surface area (TPSA) is 20.2 Å². The van der Waals surface area contributed by atoms with Crippen LogP contribution in [-0.2, 0) is 20.4 Å². The molecule has 32 heavy (non-hydrogen) atoms. The van der Waals surface area contributed by atoms with Crippen LogP contribution < -0.4 is 0 Å². The second kappa shape index (κ2) is 11.0. The molecule has 1 nitrogen and oxygen atoms in total. The fourth-order valence-electron chi connectivity index (χ4n) is 4.96. The number of rotatable bonds is 2. The van der Waals surface area contributed by atoms with Gasteiger partial charge in [-0.3, -0.25) is 0 Å². The van der Waals surface area contributed by atoms with Gasteiger partial charge in [0.2, 0.25) is 0 Å². The van der Waals surface area contributed by atoms with E-state index in [1.54, 1.807) is 46.5 Å². The molecule has 0 fully saturated rings. The molecule has 2 aliphatic rings. The summed E-state index contributed by atoms with van der Waals surface area (Å²) in [6, 6.07) is 27.0. The zero-order valence-electron chi connectivity index (χ0n) is 19.2. The molecule has 0 saturated carbocycles. The van der Waals surface area contributed by atoms with E-state index < -0.39 is 20.4 Å². The van der Waals surface area contributed by atoms with Gasteiger partial charge in [-0.25, -0.2) is 0 Å². The summed E-state index contributed by atoms with van der Waals surface area (Å²) in [5.41, 5.74) is 9.22. The number of fused-ring (bicyclic) bond motifs is 2. The molecule has 0 aliphatic heterocycles. The fourth-order valence-corrected chi connectivity index (χ4v) is 25.7. The van der Waals surface area contributed by atoms with Crippen LogP contribution >= 0.6 is 12.4 Å². The Morgan fingerprint density at radius 2 is 1.06 bits per heavy atom. The maximum atomic E-state index is 8.63. The monoisotopic (exact) mass is 536 g/mol. The Bertz CT molecular complexity index is 1120. The van der Waals surface area contributed by atoms with Gasteiger partial charge in [0.1, 0.15) is 5.75 Å². The number of phenols is 1. The minimum atomic E-state index is -1.76. The Morgan fingerprint density at radius 3 is 1.44 bits per heavy atom. The normalized spacial score (nSPS) is 17.6. The summed E-state index contributed by atoms with van der Waals surface area (Å²) < 4.78 is 1.54. The summed E-state index contributed by atoms with van der Waals surface area (Å²) in [7, 11) is 0. The van der Waals surface area contributed by atoms with Crippen molar-refractivity contribution in [2.24, 2.45) is 0 Å². The van der Waals surface area contributed by atoms with Crippen molar-refractivity contribution in [1.82, 2.24) is 0 Å². The summed E-state index contributed by atoms with van der Waals surface area (Å²) in [5.74, 6) is 0.322. The van der Waals surface area contributed by atoms with Crippen molar-refractivity contribution in [2.45, 2.75) is 34.2 Å². The third-order valence-electron chi connectivity index (χ3n) is 6.25. The molecule has 2 atom stereocenters. The molecule has 0 aromatic heterocycles. The smallest absolute Gasteiger partial charge is 0.115 e. The first-order valence-corrected chi connectivity index (χ1v) is 20.0. The van der Waals surface area contributed by atoms with Crippen LogP contribution in [0.5, 0.6) is 5.75 Å².